The van der Waals surface area contributed by atoms with Gasteiger partial charge < -0.3 is 20.4 Å². The number of nitrogens with one attached hydrogen (secondary N) is 3. The number of hydrogen-bond acceptors (Lipinski definition) is 3. The van der Waals surface area contributed by atoms with Gasteiger partial charge in [0.05, 0.1) is 19.4 Å². The zero-order valence-corrected chi connectivity index (χ0v) is 13.4. The number of aryl methyl sites for hydroxylation is 1. The Morgan fingerprint density at radius 1 is 1.17 bits per heavy atom. The lowest BCUT2D eigenvalue weighted by Crippen LogP contribution is -2.42. The Bertz CT molecular complexity index is 686. The van der Waals surface area contributed by atoms with Crippen LogP contribution in [-0.2, 0) is 17.8 Å². The molecule has 3 N–H and O–H groups in total. The minimum atomic E-state index is -0.428. The van der Waals surface area contributed by atoms with Crippen LogP contribution in [0.5, 0.6) is 0 Å². The van der Waals surface area contributed by atoms with Gasteiger partial charge in [-0.15, -0.1) is 0 Å². The fourth-order valence-corrected chi connectivity index (χ4v) is 2.13. The molecule has 2 aromatic rings. The number of rotatable bonds is 7. The number of carbonyl (C=O) groups excluding carboxylic acids is 2. The summed E-state index contributed by atoms with van der Waals surface area (Å²) in [6.07, 6.45) is 2.11. The summed E-state index contributed by atoms with van der Waals surface area (Å²) in [5.41, 5.74) is 1.81. The molecule has 0 saturated heterocycles. The molecule has 0 unspecified atom stereocenters. The maximum absolute atomic E-state index is 13.0. The number of furan rings is 1. The van der Waals surface area contributed by atoms with Crippen molar-refractivity contribution < 1.29 is 18.4 Å². The van der Waals surface area contributed by atoms with Gasteiger partial charge in [0, 0.05) is 6.54 Å². The molecule has 128 valence electrons. The van der Waals surface area contributed by atoms with Crippen LogP contribution in [0.4, 0.5) is 9.18 Å². The fourth-order valence-electron chi connectivity index (χ4n) is 2.13. The van der Waals surface area contributed by atoms with E-state index in [-0.39, 0.29) is 24.8 Å². The van der Waals surface area contributed by atoms with E-state index in [9.17, 15) is 14.0 Å². The van der Waals surface area contributed by atoms with E-state index in [1.807, 2.05) is 6.92 Å². The van der Waals surface area contributed by atoms with Crippen LogP contribution in [0.1, 0.15) is 16.9 Å². The third kappa shape index (κ3) is 5.75. The van der Waals surface area contributed by atoms with E-state index in [2.05, 4.69) is 16.0 Å². The summed E-state index contributed by atoms with van der Waals surface area (Å²) in [7, 11) is 0. The van der Waals surface area contributed by atoms with Crippen LogP contribution in [-0.4, -0.2) is 25.0 Å². The molecule has 0 aliphatic carbocycles. The molecule has 0 aliphatic rings. The Hall–Kier alpha value is -2.83. The number of benzene rings is 1. The first-order valence-electron chi connectivity index (χ1n) is 7.60. The van der Waals surface area contributed by atoms with Crippen LogP contribution in [0.2, 0.25) is 0 Å². The van der Waals surface area contributed by atoms with Gasteiger partial charge in [-0.2, -0.15) is 0 Å². The lowest BCUT2D eigenvalue weighted by Gasteiger charge is -2.09. The predicted octanol–water partition coefficient (Wildman–Crippen LogP) is 1.89. The lowest BCUT2D eigenvalue weighted by atomic mass is 10.1. The number of hydrogen-bond donors (Lipinski definition) is 3. The lowest BCUT2D eigenvalue weighted by molar-refractivity contribution is -0.120. The van der Waals surface area contributed by atoms with E-state index >= 15 is 0 Å². The van der Waals surface area contributed by atoms with Crippen molar-refractivity contribution >= 4 is 11.9 Å². The summed E-state index contributed by atoms with van der Waals surface area (Å²) in [4.78, 5) is 23.2. The Balaban J connectivity index is 1.61. The summed E-state index contributed by atoms with van der Waals surface area (Å²) < 4.78 is 18.1. The second-order valence-corrected chi connectivity index (χ2v) is 5.29. The van der Waals surface area contributed by atoms with Gasteiger partial charge in [0.25, 0.3) is 0 Å². The van der Waals surface area contributed by atoms with Gasteiger partial charge in [0.15, 0.2) is 0 Å². The van der Waals surface area contributed by atoms with Crippen LogP contribution in [0.25, 0.3) is 0 Å². The van der Waals surface area contributed by atoms with Gasteiger partial charge in [0.1, 0.15) is 11.6 Å². The summed E-state index contributed by atoms with van der Waals surface area (Å²) in [5, 5.41) is 7.75. The highest BCUT2D eigenvalue weighted by Crippen LogP contribution is 2.10. The number of urea groups is 1. The molecule has 7 heteroatoms. The van der Waals surface area contributed by atoms with E-state index in [1.165, 1.54) is 18.4 Å². The van der Waals surface area contributed by atoms with Crippen molar-refractivity contribution in [1.29, 1.82) is 0 Å². The highest BCUT2D eigenvalue weighted by atomic mass is 19.1. The van der Waals surface area contributed by atoms with Gasteiger partial charge >= 0.3 is 6.03 Å². The third-order valence-electron chi connectivity index (χ3n) is 3.43. The zero-order valence-electron chi connectivity index (χ0n) is 13.4. The third-order valence-corrected chi connectivity index (χ3v) is 3.43. The molecular formula is C17H20FN3O3. The Morgan fingerprint density at radius 2 is 2.00 bits per heavy atom. The smallest absolute Gasteiger partial charge is 0.315 e. The molecule has 0 spiro atoms. The quantitative estimate of drug-likeness (QED) is 0.723. The van der Waals surface area contributed by atoms with Crippen LogP contribution < -0.4 is 16.0 Å². The molecule has 0 saturated carbocycles. The average Bonchev–Trinajstić information content (AvgIpc) is 3.06. The van der Waals surface area contributed by atoms with Crippen molar-refractivity contribution in [2.24, 2.45) is 0 Å². The predicted molar refractivity (Wildman–Crippen MR) is 86.8 cm³/mol. The standard InChI is InChI=1S/C17H20FN3O3/c1-12-9-14(18)5-4-13(12)6-7-19-17(23)21-11-16(22)20-10-15-3-2-8-24-15/h2-5,8-9H,6-7,10-11H2,1H3,(H,20,22)(H2,19,21,23). The second-order valence-electron chi connectivity index (χ2n) is 5.29. The highest BCUT2D eigenvalue weighted by molar-refractivity contribution is 5.83. The number of halogens is 1. The normalized spacial score (nSPS) is 10.2. The molecule has 1 aromatic heterocycles. The summed E-state index contributed by atoms with van der Waals surface area (Å²) in [6.45, 7) is 2.37. The highest BCUT2D eigenvalue weighted by Gasteiger charge is 2.06. The SMILES string of the molecule is Cc1cc(F)ccc1CCNC(=O)NCC(=O)NCc1ccco1. The van der Waals surface area contributed by atoms with Crippen LogP contribution >= 0.6 is 0 Å². The minimum absolute atomic E-state index is 0.123. The van der Waals surface area contributed by atoms with Crippen molar-refractivity contribution in [3.63, 3.8) is 0 Å². The topological polar surface area (TPSA) is 83.4 Å². The maximum atomic E-state index is 13.0. The summed E-state index contributed by atoms with van der Waals surface area (Å²) in [6, 6.07) is 7.60. The molecule has 1 aromatic carbocycles. The zero-order chi connectivity index (χ0) is 17.4. The molecule has 0 aliphatic heterocycles. The van der Waals surface area contributed by atoms with Crippen molar-refractivity contribution in [3.05, 3.63) is 59.3 Å². The fraction of sp³-hybridized carbons (Fsp3) is 0.294. The van der Waals surface area contributed by atoms with Gasteiger partial charge in [-0.05, 0) is 48.7 Å². The van der Waals surface area contributed by atoms with Gasteiger partial charge in [-0.3, -0.25) is 4.79 Å². The van der Waals surface area contributed by atoms with E-state index in [0.29, 0.717) is 18.7 Å². The monoisotopic (exact) mass is 333 g/mol. The minimum Gasteiger partial charge on any atom is -0.467 e. The number of carbonyl (C=O) groups is 2. The van der Waals surface area contributed by atoms with Crippen molar-refractivity contribution in [1.82, 2.24) is 16.0 Å². The first-order chi connectivity index (χ1) is 11.5. The van der Waals surface area contributed by atoms with E-state index in [0.717, 1.165) is 11.1 Å². The molecule has 1 heterocycles. The molecule has 0 radical (unpaired) electrons. The molecule has 24 heavy (non-hydrogen) atoms. The first kappa shape index (κ1) is 17.5. The van der Waals surface area contributed by atoms with E-state index in [1.54, 1.807) is 18.2 Å². The van der Waals surface area contributed by atoms with Crippen LogP contribution in [0, 0.1) is 12.7 Å². The molecule has 2 rings (SSSR count). The molecular weight excluding hydrogens is 313 g/mol. The van der Waals surface area contributed by atoms with E-state index in [4.69, 9.17) is 4.42 Å². The van der Waals surface area contributed by atoms with Crippen molar-refractivity contribution in [2.75, 3.05) is 13.1 Å². The summed E-state index contributed by atoms with van der Waals surface area (Å²) in [5.74, 6) is 0.0564. The molecule has 3 amide bonds. The van der Waals surface area contributed by atoms with Crippen LogP contribution in [0.3, 0.4) is 0 Å². The Labute approximate surface area is 139 Å². The molecule has 6 nitrogen and oxygen atoms in total. The average molecular weight is 333 g/mol. The summed E-state index contributed by atoms with van der Waals surface area (Å²) >= 11 is 0. The van der Waals surface area contributed by atoms with Crippen molar-refractivity contribution in [2.45, 2.75) is 19.9 Å². The number of amides is 3. The van der Waals surface area contributed by atoms with Gasteiger partial charge in [-0.25, -0.2) is 9.18 Å². The second kappa shape index (κ2) is 8.71. The molecule has 0 atom stereocenters. The van der Waals surface area contributed by atoms with Crippen LogP contribution in [0.15, 0.2) is 41.0 Å². The largest absolute Gasteiger partial charge is 0.467 e. The van der Waals surface area contributed by atoms with Gasteiger partial charge in [0.2, 0.25) is 5.91 Å². The Kier molecular flexibility index (Phi) is 6.36. The van der Waals surface area contributed by atoms with E-state index < -0.39 is 6.03 Å². The first-order valence-corrected chi connectivity index (χ1v) is 7.60. The Morgan fingerprint density at radius 3 is 2.71 bits per heavy atom. The van der Waals surface area contributed by atoms with Gasteiger partial charge in [-0.1, -0.05) is 6.07 Å². The molecule has 0 fully saturated rings. The van der Waals surface area contributed by atoms with Crippen molar-refractivity contribution in [3.8, 4) is 0 Å². The maximum Gasteiger partial charge on any atom is 0.315 e. The molecule has 0 bridgehead atoms.